The standard InChI is InChI=1S/C55H38N2S/c1-55(2)48-19-11-9-17-44(48)46-33-40(25-27-49(46)55)50-34-51(57-54(56-50)38-15-7-4-8-16-38)43-30-41(37-23-21-36(22-24-37)35-13-5-3-6-14-35)29-42(31-43)39-26-28-53-47(32-39)45-18-10-12-20-52(45)58-53/h3-34H,1-2H3. The lowest BCUT2D eigenvalue weighted by atomic mass is 9.82. The van der Waals surface area contributed by atoms with Crippen LogP contribution in [0.2, 0.25) is 0 Å². The van der Waals surface area contributed by atoms with Gasteiger partial charge in [0.2, 0.25) is 0 Å². The number of fused-ring (bicyclic) bond motifs is 6. The molecule has 0 amide bonds. The number of thiophene rings is 1. The monoisotopic (exact) mass is 758 g/mol. The highest BCUT2D eigenvalue weighted by Gasteiger charge is 2.35. The van der Waals surface area contributed by atoms with Gasteiger partial charge in [-0.1, -0.05) is 159 Å². The molecule has 0 saturated heterocycles. The van der Waals surface area contributed by atoms with Gasteiger partial charge in [-0.05, 0) is 104 Å². The van der Waals surface area contributed by atoms with E-state index in [0.717, 1.165) is 44.8 Å². The molecule has 2 nitrogen and oxygen atoms in total. The van der Waals surface area contributed by atoms with Crippen LogP contribution in [-0.2, 0) is 5.41 Å². The smallest absolute Gasteiger partial charge is 0.160 e. The first-order valence-corrected chi connectivity index (χ1v) is 20.7. The van der Waals surface area contributed by atoms with Gasteiger partial charge in [0.15, 0.2) is 5.82 Å². The summed E-state index contributed by atoms with van der Waals surface area (Å²) in [6.45, 7) is 4.65. The van der Waals surface area contributed by atoms with Crippen molar-refractivity contribution in [2.24, 2.45) is 0 Å². The molecule has 0 saturated carbocycles. The van der Waals surface area contributed by atoms with Crippen molar-refractivity contribution in [3.63, 3.8) is 0 Å². The third kappa shape index (κ3) is 5.86. The lowest BCUT2D eigenvalue weighted by Gasteiger charge is -2.21. The fourth-order valence-electron chi connectivity index (χ4n) is 8.84. The Balaban J connectivity index is 1.10. The molecule has 11 rings (SSSR count). The maximum atomic E-state index is 5.33. The van der Waals surface area contributed by atoms with Crippen molar-refractivity contribution in [1.29, 1.82) is 0 Å². The SMILES string of the molecule is CC1(C)c2ccccc2-c2cc(-c3cc(-c4cc(-c5ccc(-c6ccccc6)cc5)cc(-c5ccc6sc7ccccc7c6c5)c4)nc(-c4ccccc4)n3)ccc21. The Morgan fingerprint density at radius 3 is 1.66 bits per heavy atom. The third-order valence-corrected chi connectivity index (χ3v) is 13.1. The molecule has 2 heterocycles. The lowest BCUT2D eigenvalue weighted by Crippen LogP contribution is -2.14. The van der Waals surface area contributed by atoms with Crippen LogP contribution >= 0.6 is 11.3 Å². The van der Waals surface area contributed by atoms with Crippen molar-refractivity contribution in [3.8, 4) is 78.4 Å². The van der Waals surface area contributed by atoms with E-state index in [4.69, 9.17) is 9.97 Å². The predicted molar refractivity (Wildman–Crippen MR) is 245 cm³/mol. The van der Waals surface area contributed by atoms with E-state index >= 15 is 0 Å². The molecular formula is C55H38N2S. The number of hydrogen-bond acceptors (Lipinski definition) is 3. The largest absolute Gasteiger partial charge is 0.228 e. The highest BCUT2D eigenvalue weighted by atomic mass is 32.1. The summed E-state index contributed by atoms with van der Waals surface area (Å²) < 4.78 is 2.61. The van der Waals surface area contributed by atoms with Crippen molar-refractivity contribution in [3.05, 3.63) is 205 Å². The van der Waals surface area contributed by atoms with Crippen molar-refractivity contribution in [2.45, 2.75) is 19.3 Å². The number of hydrogen-bond donors (Lipinski definition) is 0. The van der Waals surface area contributed by atoms with Gasteiger partial charge in [0.25, 0.3) is 0 Å². The summed E-state index contributed by atoms with van der Waals surface area (Å²) in [5.41, 5.74) is 17.1. The minimum atomic E-state index is -0.0645. The summed E-state index contributed by atoms with van der Waals surface area (Å²) >= 11 is 1.85. The fraction of sp³-hybridized carbons (Fsp3) is 0.0545. The van der Waals surface area contributed by atoms with Gasteiger partial charge in [-0.2, -0.15) is 0 Å². The maximum Gasteiger partial charge on any atom is 0.160 e. The van der Waals surface area contributed by atoms with E-state index in [1.54, 1.807) is 0 Å². The molecule has 0 atom stereocenters. The van der Waals surface area contributed by atoms with Crippen molar-refractivity contribution in [2.75, 3.05) is 0 Å². The topological polar surface area (TPSA) is 25.8 Å². The van der Waals surface area contributed by atoms with Crippen LogP contribution in [0, 0.1) is 0 Å². The average Bonchev–Trinajstić information content (AvgIpc) is 3.77. The molecule has 3 heteroatoms. The van der Waals surface area contributed by atoms with E-state index in [0.29, 0.717) is 5.82 Å². The van der Waals surface area contributed by atoms with Crippen molar-refractivity contribution < 1.29 is 0 Å². The Bertz CT molecular complexity index is 3180. The molecule has 2 aromatic heterocycles. The van der Waals surface area contributed by atoms with Crippen LogP contribution in [0.15, 0.2) is 194 Å². The van der Waals surface area contributed by atoms with Gasteiger partial charge in [0.05, 0.1) is 11.4 Å². The van der Waals surface area contributed by atoms with Gasteiger partial charge in [-0.25, -0.2) is 9.97 Å². The van der Waals surface area contributed by atoms with Crippen molar-refractivity contribution >= 4 is 31.5 Å². The van der Waals surface area contributed by atoms with Crippen LogP contribution in [-0.4, -0.2) is 9.97 Å². The molecule has 10 aromatic rings. The number of nitrogens with zero attached hydrogens (tertiary/aromatic N) is 2. The minimum Gasteiger partial charge on any atom is -0.228 e. The molecule has 0 spiro atoms. The second-order valence-electron chi connectivity index (χ2n) is 15.8. The summed E-state index contributed by atoms with van der Waals surface area (Å²) in [4.78, 5) is 10.6. The Kier molecular flexibility index (Phi) is 8.06. The Morgan fingerprint density at radius 2 is 0.879 bits per heavy atom. The normalized spacial score (nSPS) is 12.8. The summed E-state index contributed by atoms with van der Waals surface area (Å²) in [7, 11) is 0. The molecule has 8 aromatic carbocycles. The predicted octanol–water partition coefficient (Wildman–Crippen LogP) is 15.2. The quantitative estimate of drug-likeness (QED) is 0.169. The second-order valence-corrected chi connectivity index (χ2v) is 16.9. The molecule has 0 N–H and O–H groups in total. The van der Waals surface area contributed by atoms with E-state index in [1.165, 1.54) is 59.1 Å². The van der Waals surface area contributed by atoms with Crippen LogP contribution < -0.4 is 0 Å². The number of benzene rings is 8. The highest BCUT2D eigenvalue weighted by molar-refractivity contribution is 7.25. The van der Waals surface area contributed by atoms with E-state index in [1.807, 2.05) is 17.4 Å². The Labute approximate surface area is 342 Å². The first-order valence-electron chi connectivity index (χ1n) is 19.9. The molecule has 0 radical (unpaired) electrons. The van der Waals surface area contributed by atoms with Gasteiger partial charge < -0.3 is 0 Å². The summed E-state index contributed by atoms with van der Waals surface area (Å²) in [5, 5.41) is 2.58. The number of aromatic nitrogens is 2. The minimum absolute atomic E-state index is 0.0645. The van der Waals surface area contributed by atoms with Gasteiger partial charge in [0, 0.05) is 42.3 Å². The zero-order chi connectivity index (χ0) is 38.8. The van der Waals surface area contributed by atoms with Crippen LogP contribution in [0.25, 0.3) is 98.6 Å². The molecule has 0 unspecified atom stereocenters. The molecule has 0 aliphatic heterocycles. The number of rotatable bonds is 6. The van der Waals surface area contributed by atoms with Crippen LogP contribution in [0.4, 0.5) is 0 Å². The Morgan fingerprint density at radius 1 is 0.345 bits per heavy atom. The molecule has 1 aliphatic carbocycles. The Hall–Kier alpha value is -6.94. The first kappa shape index (κ1) is 34.3. The average molecular weight is 759 g/mol. The third-order valence-electron chi connectivity index (χ3n) is 11.9. The van der Waals surface area contributed by atoms with E-state index in [9.17, 15) is 0 Å². The molecule has 0 fully saturated rings. The van der Waals surface area contributed by atoms with Crippen LogP contribution in [0.1, 0.15) is 25.0 Å². The van der Waals surface area contributed by atoms with Crippen LogP contribution in [0.3, 0.4) is 0 Å². The van der Waals surface area contributed by atoms with Crippen molar-refractivity contribution in [1.82, 2.24) is 9.97 Å². The lowest BCUT2D eigenvalue weighted by molar-refractivity contribution is 0.660. The van der Waals surface area contributed by atoms with E-state index in [-0.39, 0.29) is 5.41 Å². The van der Waals surface area contributed by atoms with E-state index in [2.05, 4.69) is 202 Å². The summed E-state index contributed by atoms with van der Waals surface area (Å²) in [6, 6.07) is 70.3. The summed E-state index contributed by atoms with van der Waals surface area (Å²) in [6.07, 6.45) is 0. The zero-order valence-corrected chi connectivity index (χ0v) is 33.1. The fourth-order valence-corrected chi connectivity index (χ4v) is 9.93. The first-order chi connectivity index (χ1) is 28.5. The van der Waals surface area contributed by atoms with Gasteiger partial charge in [0.1, 0.15) is 0 Å². The molecule has 58 heavy (non-hydrogen) atoms. The second kappa shape index (κ2) is 13.6. The van der Waals surface area contributed by atoms with Gasteiger partial charge in [-0.15, -0.1) is 11.3 Å². The molecule has 0 bridgehead atoms. The summed E-state index contributed by atoms with van der Waals surface area (Å²) in [5.74, 6) is 0.708. The zero-order valence-electron chi connectivity index (χ0n) is 32.3. The molecule has 1 aliphatic rings. The highest BCUT2D eigenvalue weighted by Crippen LogP contribution is 2.49. The molecule has 274 valence electrons. The van der Waals surface area contributed by atoms with Gasteiger partial charge >= 0.3 is 0 Å². The van der Waals surface area contributed by atoms with Crippen LogP contribution in [0.5, 0.6) is 0 Å². The molecular weight excluding hydrogens is 721 g/mol. The van der Waals surface area contributed by atoms with E-state index < -0.39 is 0 Å². The van der Waals surface area contributed by atoms with Gasteiger partial charge in [-0.3, -0.25) is 0 Å². The maximum absolute atomic E-state index is 5.33.